The van der Waals surface area contributed by atoms with Crippen LogP contribution in [0.2, 0.25) is 0 Å². The predicted molar refractivity (Wildman–Crippen MR) is 73.6 cm³/mol. The van der Waals surface area contributed by atoms with E-state index in [2.05, 4.69) is 11.4 Å². The number of hydrogen-bond acceptors (Lipinski definition) is 3. The molecule has 2 amide bonds. The van der Waals surface area contributed by atoms with Gasteiger partial charge in [-0.2, -0.15) is 5.26 Å². The first-order valence-electron chi connectivity index (χ1n) is 6.56. The van der Waals surface area contributed by atoms with Gasteiger partial charge < -0.3 is 10.2 Å². The van der Waals surface area contributed by atoms with Crippen molar-refractivity contribution in [3.63, 3.8) is 0 Å². The molecule has 0 aliphatic carbocycles. The van der Waals surface area contributed by atoms with Crippen molar-refractivity contribution in [3.05, 3.63) is 30.1 Å². The zero-order valence-electron chi connectivity index (χ0n) is 11.3. The molecule has 20 heavy (non-hydrogen) atoms. The predicted octanol–water partition coefficient (Wildman–Crippen LogP) is 1.89. The number of carbonyl (C=O) groups is 1. The minimum atomic E-state index is -0.447. The molecule has 1 heterocycles. The minimum Gasteiger partial charge on any atom is -0.322 e. The second-order valence-corrected chi connectivity index (χ2v) is 4.74. The van der Waals surface area contributed by atoms with Crippen molar-refractivity contribution < 1.29 is 9.18 Å². The molecule has 1 N–H and O–H groups in total. The van der Waals surface area contributed by atoms with Crippen molar-refractivity contribution in [1.82, 2.24) is 9.80 Å². The highest BCUT2D eigenvalue weighted by molar-refractivity contribution is 5.89. The van der Waals surface area contributed by atoms with Crippen molar-refractivity contribution in [2.75, 3.05) is 31.5 Å². The first-order chi connectivity index (χ1) is 9.61. The maximum Gasteiger partial charge on any atom is 0.322 e. The maximum absolute atomic E-state index is 13.5. The van der Waals surface area contributed by atoms with Crippen LogP contribution in [-0.4, -0.2) is 48.1 Å². The fraction of sp³-hybridized carbons (Fsp3) is 0.429. The third-order valence-electron chi connectivity index (χ3n) is 3.45. The van der Waals surface area contributed by atoms with Crippen LogP contribution in [0.5, 0.6) is 0 Å². The molecule has 1 aliphatic rings. The van der Waals surface area contributed by atoms with E-state index in [1.165, 1.54) is 12.1 Å². The van der Waals surface area contributed by atoms with E-state index < -0.39 is 5.82 Å². The van der Waals surface area contributed by atoms with E-state index in [9.17, 15) is 9.18 Å². The fourth-order valence-corrected chi connectivity index (χ4v) is 2.15. The van der Waals surface area contributed by atoms with Gasteiger partial charge in [0.25, 0.3) is 0 Å². The van der Waals surface area contributed by atoms with Crippen molar-refractivity contribution in [1.29, 1.82) is 5.26 Å². The average molecular weight is 276 g/mol. The van der Waals surface area contributed by atoms with Crippen LogP contribution in [0.4, 0.5) is 14.9 Å². The van der Waals surface area contributed by atoms with E-state index in [0.29, 0.717) is 26.2 Å². The van der Waals surface area contributed by atoms with Gasteiger partial charge >= 0.3 is 6.03 Å². The number of nitrogens with zero attached hydrogens (tertiary/aromatic N) is 3. The number of nitrogens with one attached hydrogen (secondary N) is 1. The highest BCUT2D eigenvalue weighted by Crippen LogP contribution is 2.14. The van der Waals surface area contributed by atoms with Crippen molar-refractivity contribution in [2.24, 2.45) is 0 Å². The molecular weight excluding hydrogens is 259 g/mol. The quantitative estimate of drug-likeness (QED) is 0.897. The lowest BCUT2D eigenvalue weighted by Gasteiger charge is -2.35. The number of hydrogen-bond donors (Lipinski definition) is 1. The van der Waals surface area contributed by atoms with Crippen LogP contribution in [0.3, 0.4) is 0 Å². The Balaban J connectivity index is 1.90. The molecule has 106 valence electrons. The summed E-state index contributed by atoms with van der Waals surface area (Å²) in [5.74, 6) is -0.447. The number of carbonyl (C=O) groups excluding carboxylic acids is 1. The van der Waals surface area contributed by atoms with Gasteiger partial charge in [-0.1, -0.05) is 12.1 Å². The van der Waals surface area contributed by atoms with E-state index in [4.69, 9.17) is 5.26 Å². The first-order valence-corrected chi connectivity index (χ1v) is 6.56. The summed E-state index contributed by atoms with van der Waals surface area (Å²) in [6.07, 6.45) is 0. The Kier molecular flexibility index (Phi) is 4.53. The molecule has 0 spiro atoms. The summed E-state index contributed by atoms with van der Waals surface area (Å²) in [6.45, 7) is 4.21. The monoisotopic (exact) mass is 276 g/mol. The maximum atomic E-state index is 13.5. The van der Waals surface area contributed by atoms with Gasteiger partial charge in [0, 0.05) is 26.2 Å². The van der Waals surface area contributed by atoms with Gasteiger partial charge in [0.1, 0.15) is 5.82 Å². The number of amides is 2. The molecule has 1 atom stereocenters. The van der Waals surface area contributed by atoms with Gasteiger partial charge in [-0.15, -0.1) is 0 Å². The van der Waals surface area contributed by atoms with Crippen LogP contribution in [0.15, 0.2) is 24.3 Å². The van der Waals surface area contributed by atoms with Gasteiger partial charge in [0.05, 0.1) is 17.8 Å². The summed E-state index contributed by atoms with van der Waals surface area (Å²) in [7, 11) is 0. The third-order valence-corrected chi connectivity index (χ3v) is 3.45. The van der Waals surface area contributed by atoms with Gasteiger partial charge in [-0.05, 0) is 19.1 Å². The Morgan fingerprint density at radius 2 is 2.00 bits per heavy atom. The Hall–Kier alpha value is -2.13. The summed E-state index contributed by atoms with van der Waals surface area (Å²) < 4.78 is 13.5. The Bertz CT molecular complexity index is 520. The number of para-hydroxylation sites is 1. The van der Waals surface area contributed by atoms with Crippen LogP contribution in [0.1, 0.15) is 6.92 Å². The van der Waals surface area contributed by atoms with Gasteiger partial charge in [0.15, 0.2) is 0 Å². The Morgan fingerprint density at radius 3 is 2.60 bits per heavy atom. The zero-order valence-corrected chi connectivity index (χ0v) is 11.3. The Morgan fingerprint density at radius 1 is 1.35 bits per heavy atom. The summed E-state index contributed by atoms with van der Waals surface area (Å²) in [5.41, 5.74) is 0.185. The molecule has 0 saturated carbocycles. The van der Waals surface area contributed by atoms with Gasteiger partial charge in [-0.3, -0.25) is 4.90 Å². The van der Waals surface area contributed by atoms with Gasteiger partial charge in [0.2, 0.25) is 0 Å². The van der Waals surface area contributed by atoms with Crippen LogP contribution >= 0.6 is 0 Å². The second-order valence-electron chi connectivity index (χ2n) is 4.74. The number of nitriles is 1. The number of benzene rings is 1. The van der Waals surface area contributed by atoms with E-state index in [1.807, 2.05) is 11.8 Å². The van der Waals surface area contributed by atoms with E-state index in [-0.39, 0.29) is 17.8 Å². The number of halogens is 1. The first kappa shape index (κ1) is 14.3. The molecule has 0 bridgehead atoms. The highest BCUT2D eigenvalue weighted by Gasteiger charge is 2.24. The molecular formula is C14H17FN4O. The molecule has 2 rings (SSSR count). The SMILES string of the molecule is CC(C#N)N1CCN(C(=O)Nc2ccccc2F)CC1. The standard InChI is InChI=1S/C14H17FN4O/c1-11(10-16)18-6-8-19(9-7-18)14(20)17-13-5-3-2-4-12(13)15/h2-5,11H,6-9H2,1H3,(H,17,20). The second kappa shape index (κ2) is 6.35. The lowest BCUT2D eigenvalue weighted by molar-refractivity contribution is 0.135. The average Bonchev–Trinajstić information content (AvgIpc) is 2.49. The zero-order chi connectivity index (χ0) is 14.5. The Labute approximate surface area is 117 Å². The molecule has 6 heteroatoms. The number of urea groups is 1. The lowest BCUT2D eigenvalue weighted by Crippen LogP contribution is -2.52. The molecule has 1 aromatic rings. The molecule has 1 saturated heterocycles. The molecule has 5 nitrogen and oxygen atoms in total. The molecule has 1 unspecified atom stereocenters. The summed E-state index contributed by atoms with van der Waals surface area (Å²) >= 11 is 0. The minimum absolute atomic E-state index is 0.147. The van der Waals surface area contributed by atoms with E-state index >= 15 is 0 Å². The largest absolute Gasteiger partial charge is 0.322 e. The third kappa shape index (κ3) is 3.25. The van der Waals surface area contributed by atoms with Crippen molar-refractivity contribution >= 4 is 11.7 Å². The number of piperazine rings is 1. The van der Waals surface area contributed by atoms with Crippen LogP contribution in [-0.2, 0) is 0 Å². The van der Waals surface area contributed by atoms with Crippen LogP contribution in [0, 0.1) is 17.1 Å². The summed E-state index contributed by atoms with van der Waals surface area (Å²) in [4.78, 5) is 15.7. The molecule has 1 fully saturated rings. The van der Waals surface area contributed by atoms with Crippen molar-refractivity contribution in [2.45, 2.75) is 13.0 Å². The summed E-state index contributed by atoms with van der Waals surface area (Å²) in [6, 6.07) is 7.82. The highest BCUT2D eigenvalue weighted by atomic mass is 19.1. The topological polar surface area (TPSA) is 59.4 Å². The smallest absolute Gasteiger partial charge is 0.322 e. The number of rotatable bonds is 2. The molecule has 1 aliphatic heterocycles. The van der Waals surface area contributed by atoms with Crippen LogP contribution < -0.4 is 5.32 Å². The van der Waals surface area contributed by atoms with E-state index in [0.717, 1.165) is 0 Å². The summed E-state index contributed by atoms with van der Waals surface area (Å²) in [5, 5.41) is 11.4. The van der Waals surface area contributed by atoms with E-state index in [1.54, 1.807) is 17.0 Å². The van der Waals surface area contributed by atoms with Gasteiger partial charge in [-0.25, -0.2) is 9.18 Å². The van der Waals surface area contributed by atoms with Crippen molar-refractivity contribution in [3.8, 4) is 6.07 Å². The molecule has 0 aromatic heterocycles. The molecule has 1 aromatic carbocycles. The normalized spacial score (nSPS) is 17.4. The number of anilines is 1. The van der Waals surface area contributed by atoms with Crippen LogP contribution in [0.25, 0.3) is 0 Å². The molecule has 0 radical (unpaired) electrons. The lowest BCUT2D eigenvalue weighted by atomic mass is 10.2. The fourth-order valence-electron chi connectivity index (χ4n) is 2.15.